The molecule has 0 saturated heterocycles. The molecule has 24 heavy (non-hydrogen) atoms. The summed E-state index contributed by atoms with van der Waals surface area (Å²) in [6.07, 6.45) is -0.273. The van der Waals surface area contributed by atoms with Crippen molar-refractivity contribution in [2.24, 2.45) is 0 Å². The maximum Gasteiger partial charge on any atom is 0.338 e. The number of rotatable bonds is 5. The fourth-order valence-corrected chi connectivity index (χ4v) is 4.93. The van der Waals surface area contributed by atoms with Crippen LogP contribution in [0.3, 0.4) is 0 Å². The Bertz CT molecular complexity index is 872. The van der Waals surface area contributed by atoms with Crippen LogP contribution in [0.2, 0.25) is 5.02 Å². The van der Waals surface area contributed by atoms with Crippen LogP contribution < -0.4 is 4.72 Å². The lowest BCUT2D eigenvalue weighted by molar-refractivity contribution is 0.0378. The third-order valence-corrected chi connectivity index (χ3v) is 5.99. The molecule has 2 rings (SSSR count). The predicted molar refractivity (Wildman–Crippen MR) is 96.6 cm³/mol. The first-order chi connectivity index (χ1) is 11.1. The van der Waals surface area contributed by atoms with Gasteiger partial charge in [0.05, 0.1) is 22.4 Å². The molecule has 2 aromatic rings. The Hall–Kier alpha value is -1.57. The largest absolute Gasteiger partial charge is 0.459 e. The zero-order valence-corrected chi connectivity index (χ0v) is 16.1. The number of thiophene rings is 1. The number of hydrogen-bond donors (Lipinski definition) is 1. The van der Waals surface area contributed by atoms with Gasteiger partial charge in [0.25, 0.3) is 10.0 Å². The molecule has 0 spiro atoms. The molecular weight excluding hydrogens is 370 g/mol. The first kappa shape index (κ1) is 18.8. The molecule has 0 aliphatic rings. The van der Waals surface area contributed by atoms with Gasteiger partial charge in [-0.2, -0.15) is 0 Å². The highest BCUT2D eigenvalue weighted by atomic mass is 35.5. The maximum absolute atomic E-state index is 12.6. The van der Waals surface area contributed by atoms with E-state index in [1.54, 1.807) is 26.8 Å². The van der Waals surface area contributed by atoms with Crippen LogP contribution in [0.5, 0.6) is 0 Å². The molecule has 0 aliphatic carbocycles. The van der Waals surface area contributed by atoms with E-state index in [1.165, 1.54) is 29.5 Å². The topological polar surface area (TPSA) is 72.5 Å². The minimum absolute atomic E-state index is 0.137. The summed E-state index contributed by atoms with van der Waals surface area (Å²) in [7, 11) is -3.79. The number of esters is 1. The van der Waals surface area contributed by atoms with Gasteiger partial charge < -0.3 is 4.74 Å². The molecule has 0 saturated carbocycles. The molecule has 0 radical (unpaired) electrons. The number of sulfonamides is 1. The van der Waals surface area contributed by atoms with Crippen LogP contribution in [-0.2, 0) is 14.8 Å². The van der Waals surface area contributed by atoms with Crippen LogP contribution in [0.1, 0.15) is 34.0 Å². The van der Waals surface area contributed by atoms with Crippen LogP contribution >= 0.6 is 22.9 Å². The van der Waals surface area contributed by atoms with Gasteiger partial charge in [-0.3, -0.25) is 4.72 Å². The molecule has 0 amide bonds. The highest BCUT2D eigenvalue weighted by Gasteiger charge is 2.21. The van der Waals surface area contributed by atoms with Crippen LogP contribution in [0, 0.1) is 13.8 Å². The van der Waals surface area contributed by atoms with E-state index >= 15 is 0 Å². The molecule has 0 fully saturated rings. The van der Waals surface area contributed by atoms with Crippen molar-refractivity contribution in [3.8, 4) is 0 Å². The number of aryl methyl sites for hydroxylation is 2. The van der Waals surface area contributed by atoms with Gasteiger partial charge in [-0.05, 0) is 52.0 Å². The smallest absolute Gasteiger partial charge is 0.338 e. The highest BCUT2D eigenvalue weighted by Crippen LogP contribution is 2.30. The summed E-state index contributed by atoms with van der Waals surface area (Å²) < 4.78 is 32.7. The third kappa shape index (κ3) is 4.28. The summed E-state index contributed by atoms with van der Waals surface area (Å²) >= 11 is 7.47. The predicted octanol–water partition coefficient (Wildman–Crippen LogP) is 4.38. The SMILES string of the molecule is Cc1cc(S(=O)(=O)Nc2cc(C(=O)OC(C)C)ccc2Cl)c(C)s1. The van der Waals surface area contributed by atoms with Gasteiger partial charge in [0.1, 0.15) is 4.90 Å². The second-order valence-electron chi connectivity index (χ2n) is 5.53. The molecule has 5 nitrogen and oxygen atoms in total. The van der Waals surface area contributed by atoms with Gasteiger partial charge in [0.15, 0.2) is 0 Å². The number of halogens is 1. The van der Waals surface area contributed by atoms with E-state index in [4.69, 9.17) is 16.3 Å². The molecule has 0 aliphatic heterocycles. The van der Waals surface area contributed by atoms with Gasteiger partial charge in [-0.1, -0.05) is 11.6 Å². The van der Waals surface area contributed by atoms with Crippen molar-refractivity contribution in [1.29, 1.82) is 0 Å². The molecule has 130 valence electrons. The van der Waals surface area contributed by atoms with Crippen molar-refractivity contribution in [2.75, 3.05) is 4.72 Å². The van der Waals surface area contributed by atoms with Crippen molar-refractivity contribution in [2.45, 2.75) is 38.7 Å². The number of benzene rings is 1. The Morgan fingerprint density at radius 1 is 1.25 bits per heavy atom. The Labute approximate surface area is 150 Å². The van der Waals surface area contributed by atoms with E-state index in [2.05, 4.69) is 4.72 Å². The third-order valence-electron chi connectivity index (χ3n) is 3.07. The molecule has 1 heterocycles. The van der Waals surface area contributed by atoms with Gasteiger partial charge in [0.2, 0.25) is 0 Å². The van der Waals surface area contributed by atoms with E-state index in [0.717, 1.165) is 4.88 Å². The lowest BCUT2D eigenvalue weighted by Crippen LogP contribution is -2.15. The van der Waals surface area contributed by atoms with Crippen LogP contribution in [0.15, 0.2) is 29.2 Å². The van der Waals surface area contributed by atoms with Crippen LogP contribution in [0.4, 0.5) is 5.69 Å². The van der Waals surface area contributed by atoms with Crippen LogP contribution in [0.25, 0.3) is 0 Å². The van der Waals surface area contributed by atoms with E-state index < -0.39 is 16.0 Å². The number of hydrogen-bond acceptors (Lipinski definition) is 5. The minimum Gasteiger partial charge on any atom is -0.459 e. The Morgan fingerprint density at radius 3 is 2.46 bits per heavy atom. The van der Waals surface area contributed by atoms with Crippen molar-refractivity contribution in [1.82, 2.24) is 0 Å². The average Bonchev–Trinajstić information content (AvgIpc) is 2.80. The molecule has 1 N–H and O–H groups in total. The summed E-state index contributed by atoms with van der Waals surface area (Å²) in [5.41, 5.74) is 0.363. The average molecular weight is 388 g/mol. The standard InChI is InChI=1S/C16H18ClNO4S2/c1-9(2)22-16(19)12-5-6-13(17)14(8-12)18-24(20,21)15-7-10(3)23-11(15)4/h5-9,18H,1-4H3. The maximum atomic E-state index is 12.6. The molecular formula is C16H18ClNO4S2. The lowest BCUT2D eigenvalue weighted by Gasteiger charge is -2.12. The normalized spacial score (nSPS) is 11.6. The number of anilines is 1. The van der Waals surface area contributed by atoms with Gasteiger partial charge in [-0.25, -0.2) is 13.2 Å². The first-order valence-corrected chi connectivity index (χ1v) is 9.88. The van der Waals surface area contributed by atoms with Crippen LogP contribution in [-0.4, -0.2) is 20.5 Å². The van der Waals surface area contributed by atoms with Gasteiger partial charge in [0, 0.05) is 9.75 Å². The summed E-state index contributed by atoms with van der Waals surface area (Å²) in [4.78, 5) is 13.8. The molecule has 1 aromatic heterocycles. The molecule has 0 atom stereocenters. The number of carbonyl (C=O) groups excluding carboxylic acids is 1. The Kier molecular flexibility index (Phi) is 5.57. The zero-order valence-electron chi connectivity index (χ0n) is 13.7. The molecule has 0 bridgehead atoms. The summed E-state index contributed by atoms with van der Waals surface area (Å²) in [6.45, 7) is 7.05. The second-order valence-corrected chi connectivity index (χ2v) is 9.05. The quantitative estimate of drug-likeness (QED) is 0.772. The van der Waals surface area contributed by atoms with Crippen molar-refractivity contribution in [3.63, 3.8) is 0 Å². The monoisotopic (exact) mass is 387 g/mol. The summed E-state index contributed by atoms with van der Waals surface area (Å²) in [5, 5.41) is 0.198. The van der Waals surface area contributed by atoms with Gasteiger partial charge in [-0.15, -0.1) is 11.3 Å². The van der Waals surface area contributed by atoms with E-state index in [-0.39, 0.29) is 27.3 Å². The van der Waals surface area contributed by atoms with Crippen molar-refractivity contribution in [3.05, 3.63) is 44.6 Å². The molecule has 8 heteroatoms. The van der Waals surface area contributed by atoms with E-state index in [9.17, 15) is 13.2 Å². The summed E-state index contributed by atoms with van der Waals surface area (Å²) in [6, 6.07) is 5.93. The minimum atomic E-state index is -3.79. The van der Waals surface area contributed by atoms with E-state index in [1.807, 2.05) is 6.92 Å². The van der Waals surface area contributed by atoms with Crippen molar-refractivity contribution < 1.29 is 17.9 Å². The number of ether oxygens (including phenoxy) is 1. The van der Waals surface area contributed by atoms with E-state index in [0.29, 0.717) is 4.88 Å². The van der Waals surface area contributed by atoms with Crippen molar-refractivity contribution >= 4 is 44.6 Å². The lowest BCUT2D eigenvalue weighted by atomic mass is 10.2. The molecule has 0 unspecified atom stereocenters. The second kappa shape index (κ2) is 7.13. The molecule has 1 aromatic carbocycles. The Balaban J connectivity index is 2.35. The zero-order chi connectivity index (χ0) is 18.1. The highest BCUT2D eigenvalue weighted by molar-refractivity contribution is 7.93. The fourth-order valence-electron chi connectivity index (χ4n) is 2.09. The first-order valence-electron chi connectivity index (χ1n) is 7.20. The fraction of sp³-hybridized carbons (Fsp3) is 0.312. The van der Waals surface area contributed by atoms with Gasteiger partial charge >= 0.3 is 5.97 Å². The number of carbonyl (C=O) groups is 1. The summed E-state index contributed by atoms with van der Waals surface area (Å²) in [5.74, 6) is -0.537. The number of nitrogens with one attached hydrogen (secondary N) is 1. The Morgan fingerprint density at radius 2 is 1.92 bits per heavy atom.